The summed E-state index contributed by atoms with van der Waals surface area (Å²) in [6, 6.07) is 57.7. The molecule has 3 aliphatic heterocycles. The molecule has 0 saturated carbocycles. The minimum Gasteiger partial charge on any atom is -0.311 e. The Morgan fingerprint density at radius 3 is 1.03 bits per heavy atom. The monoisotopic (exact) mass is 838 g/mol. The number of hydrogen-bond acceptors (Lipinski definition) is 2. The largest absolute Gasteiger partial charge is 0.311 e. The second kappa shape index (κ2) is 14.0. The summed E-state index contributed by atoms with van der Waals surface area (Å²) in [5, 5.41) is 5.90. The van der Waals surface area contributed by atoms with E-state index in [9.17, 15) is 0 Å². The molecule has 0 fully saturated rings. The third-order valence-electron chi connectivity index (χ3n) is 14.4. The molecule has 7 aromatic carbocycles. The van der Waals surface area contributed by atoms with E-state index in [1.165, 1.54) is 99.1 Å². The Labute approximate surface area is 379 Å². The normalized spacial score (nSPS) is 15.1. The van der Waals surface area contributed by atoms with Gasteiger partial charge in [0.05, 0.1) is 0 Å². The first-order valence-corrected chi connectivity index (χ1v) is 25.1. The molecule has 7 aromatic rings. The second-order valence-corrected chi connectivity index (χ2v) is 26.5. The highest BCUT2D eigenvalue weighted by atomic mass is 28.3. The van der Waals surface area contributed by atoms with Gasteiger partial charge in [0, 0.05) is 34.1 Å². The van der Waals surface area contributed by atoms with E-state index in [4.69, 9.17) is 0 Å². The molecule has 0 aliphatic carbocycles. The highest BCUT2D eigenvalue weighted by Crippen LogP contribution is 2.47. The van der Waals surface area contributed by atoms with Gasteiger partial charge in [-0.15, -0.1) is 0 Å². The number of benzene rings is 7. The van der Waals surface area contributed by atoms with Crippen LogP contribution in [0, 0.1) is 6.92 Å². The predicted molar refractivity (Wildman–Crippen MR) is 277 cm³/mol. The Bertz CT molecular complexity index is 2720. The van der Waals surface area contributed by atoms with Gasteiger partial charge in [0.25, 0.3) is 6.71 Å². The number of hydrogen-bond donors (Lipinski definition) is 0. The van der Waals surface area contributed by atoms with E-state index in [0.29, 0.717) is 0 Å². The average molecular weight is 839 g/mol. The summed E-state index contributed by atoms with van der Waals surface area (Å²) in [5.41, 5.74) is 18.5. The summed E-state index contributed by atoms with van der Waals surface area (Å²) >= 11 is 0. The molecule has 0 bridgehead atoms. The second-order valence-electron chi connectivity index (χ2n) is 22.8. The van der Waals surface area contributed by atoms with Gasteiger partial charge in [-0.25, -0.2) is 0 Å². The summed E-state index contributed by atoms with van der Waals surface area (Å²) in [6.45, 7) is 30.6. The van der Waals surface area contributed by atoms with E-state index in [-0.39, 0.29) is 28.4 Å². The van der Waals surface area contributed by atoms with Crippen molar-refractivity contribution in [2.45, 2.75) is 112 Å². The molecule has 0 aromatic heterocycles. The molecule has 0 saturated heterocycles. The van der Waals surface area contributed by atoms with Gasteiger partial charge >= 0.3 is 0 Å². The number of aryl methyl sites for hydroxylation is 1. The van der Waals surface area contributed by atoms with Gasteiger partial charge in [0.15, 0.2) is 8.07 Å². The molecule has 0 amide bonds. The van der Waals surface area contributed by atoms with Gasteiger partial charge in [0.1, 0.15) is 0 Å². The quantitative estimate of drug-likeness (QED) is 0.163. The van der Waals surface area contributed by atoms with Gasteiger partial charge in [0.2, 0.25) is 0 Å². The molecular weight excluding hydrogens is 776 g/mol. The van der Waals surface area contributed by atoms with E-state index >= 15 is 0 Å². The summed E-state index contributed by atoms with van der Waals surface area (Å²) in [7, 11) is -3.07. The maximum absolute atomic E-state index is 3.07. The van der Waals surface area contributed by atoms with Crippen LogP contribution in [0.3, 0.4) is 0 Å². The molecule has 10 rings (SSSR count). The van der Waals surface area contributed by atoms with Crippen molar-refractivity contribution in [3.05, 3.63) is 173 Å². The summed E-state index contributed by atoms with van der Waals surface area (Å²) in [6.07, 6.45) is 0. The van der Waals surface area contributed by atoms with Crippen molar-refractivity contribution in [2.24, 2.45) is 0 Å². The summed E-state index contributed by atoms with van der Waals surface area (Å²) in [4.78, 5) is 5.30. The van der Waals surface area contributed by atoms with Crippen LogP contribution in [-0.2, 0) is 21.7 Å². The van der Waals surface area contributed by atoms with Gasteiger partial charge in [-0.2, -0.15) is 0 Å². The SMILES string of the molecule is Cc1cc2c3c(c1)N(c1ccc(C(C)(C)C)cc1)c1cc(C(C)(C)C)cc4c1B3c1c(cc(C(C)(C)C)cc1[Si]4(c1ccccc1)c1ccccc1)N2c1ccc(C(C)(C)C)cc1. The van der Waals surface area contributed by atoms with Crippen molar-refractivity contribution in [1.82, 2.24) is 0 Å². The van der Waals surface area contributed by atoms with E-state index < -0.39 is 8.07 Å². The minimum atomic E-state index is -3.07. The first kappa shape index (κ1) is 41.4. The lowest BCUT2D eigenvalue weighted by Gasteiger charge is -2.52. The molecule has 3 aliphatic rings. The molecule has 4 heteroatoms. The van der Waals surface area contributed by atoms with Crippen molar-refractivity contribution < 1.29 is 0 Å². The maximum atomic E-state index is 2.68. The van der Waals surface area contributed by atoms with E-state index in [1.807, 2.05) is 0 Å². The standard InChI is InChI=1S/C59H63BN2Si/c1-38-32-47-53-48(33-38)62(44-30-26-40(27-31-44)57(5,6)7)50-35-42(59(11,12)13)37-52-55(50)60(53)54-49(61(47)43-28-24-39(25-29-43)56(2,3)4)34-41(58(8,9)10)36-51(54)63(52,45-20-16-14-17-21-45)46-22-18-15-19-23-46/h14-37H,1-13H3. The van der Waals surface area contributed by atoms with Crippen molar-refractivity contribution in [3.8, 4) is 0 Å². The van der Waals surface area contributed by atoms with Crippen LogP contribution in [0.4, 0.5) is 34.1 Å². The van der Waals surface area contributed by atoms with Crippen LogP contribution >= 0.6 is 0 Å². The Kier molecular flexibility index (Phi) is 9.18. The van der Waals surface area contributed by atoms with Crippen molar-refractivity contribution >= 4 is 86.0 Å². The van der Waals surface area contributed by atoms with E-state index in [1.54, 1.807) is 0 Å². The smallest absolute Gasteiger partial charge is 0.251 e. The molecule has 316 valence electrons. The highest BCUT2D eigenvalue weighted by Gasteiger charge is 2.57. The zero-order valence-electron chi connectivity index (χ0n) is 39.8. The first-order valence-electron chi connectivity index (χ1n) is 23.1. The lowest BCUT2D eigenvalue weighted by Crippen LogP contribution is -2.88. The molecule has 0 unspecified atom stereocenters. The predicted octanol–water partition coefficient (Wildman–Crippen LogP) is 11.0. The minimum absolute atomic E-state index is 0.0466. The van der Waals surface area contributed by atoms with Crippen molar-refractivity contribution in [2.75, 3.05) is 9.80 Å². The number of nitrogens with zero attached hydrogens (tertiary/aromatic N) is 2. The third kappa shape index (κ3) is 6.33. The zero-order valence-corrected chi connectivity index (χ0v) is 40.8. The van der Waals surface area contributed by atoms with E-state index in [2.05, 4.69) is 245 Å². The number of anilines is 6. The maximum Gasteiger partial charge on any atom is 0.251 e. The Balaban J connectivity index is 1.44. The summed E-state index contributed by atoms with van der Waals surface area (Å²) in [5.74, 6) is 0. The highest BCUT2D eigenvalue weighted by molar-refractivity contribution is 7.27. The van der Waals surface area contributed by atoms with Gasteiger partial charge in [-0.05, 0) is 142 Å². The molecular formula is C59H63BN2Si. The molecule has 0 radical (unpaired) electrons. The molecule has 0 N–H and O–H groups in total. The van der Waals surface area contributed by atoms with Crippen LogP contribution in [0.25, 0.3) is 0 Å². The van der Waals surface area contributed by atoms with Crippen LogP contribution in [0.5, 0.6) is 0 Å². The Morgan fingerprint density at radius 2 is 0.698 bits per heavy atom. The fourth-order valence-electron chi connectivity index (χ4n) is 10.9. The van der Waals surface area contributed by atoms with E-state index in [0.717, 1.165) is 0 Å². The Hall–Kier alpha value is -5.58. The molecule has 0 atom stereocenters. The lowest BCUT2D eigenvalue weighted by atomic mass is 9.33. The summed E-state index contributed by atoms with van der Waals surface area (Å²) < 4.78 is 0. The van der Waals surface area contributed by atoms with Gasteiger partial charge in [-0.1, -0.05) is 180 Å². The molecule has 0 spiro atoms. The third-order valence-corrected chi connectivity index (χ3v) is 19.2. The Morgan fingerprint density at radius 1 is 0.365 bits per heavy atom. The van der Waals surface area contributed by atoms with Crippen LogP contribution in [0.15, 0.2) is 146 Å². The molecule has 3 heterocycles. The van der Waals surface area contributed by atoms with Crippen molar-refractivity contribution in [3.63, 3.8) is 0 Å². The van der Waals surface area contributed by atoms with Gasteiger partial charge in [-0.3, -0.25) is 0 Å². The van der Waals surface area contributed by atoms with Crippen LogP contribution in [0.1, 0.15) is 111 Å². The molecule has 2 nitrogen and oxygen atoms in total. The topological polar surface area (TPSA) is 6.48 Å². The fraction of sp³-hybridized carbons (Fsp3) is 0.288. The van der Waals surface area contributed by atoms with Crippen molar-refractivity contribution in [1.29, 1.82) is 0 Å². The van der Waals surface area contributed by atoms with Crippen LogP contribution in [0.2, 0.25) is 0 Å². The number of rotatable bonds is 4. The van der Waals surface area contributed by atoms with Gasteiger partial charge < -0.3 is 9.80 Å². The van der Waals surface area contributed by atoms with Crippen LogP contribution in [-0.4, -0.2) is 14.8 Å². The molecule has 63 heavy (non-hydrogen) atoms. The lowest BCUT2D eigenvalue weighted by molar-refractivity contribution is 0.590. The fourth-order valence-corrected chi connectivity index (χ4v) is 16.3. The van der Waals surface area contributed by atoms with Crippen LogP contribution < -0.4 is 46.9 Å². The average Bonchev–Trinajstić information content (AvgIpc) is 3.23. The first-order chi connectivity index (χ1) is 29.7. The zero-order chi connectivity index (χ0) is 44.6.